The molecule has 0 saturated carbocycles. The number of non-ortho nitro benzene ring substituents is 1. The van der Waals surface area contributed by atoms with Crippen molar-refractivity contribution in [3.8, 4) is 11.5 Å². The number of nitrogens with one attached hydrogen (secondary N) is 2. The van der Waals surface area contributed by atoms with Crippen molar-refractivity contribution in [1.82, 2.24) is 4.72 Å². The lowest BCUT2D eigenvalue weighted by molar-refractivity contribution is -0.384. The molecule has 2 rings (SSSR count). The van der Waals surface area contributed by atoms with Gasteiger partial charge in [0.25, 0.3) is 11.6 Å². The average molecular weight is 481 g/mol. The zero-order valence-corrected chi connectivity index (χ0v) is 19.0. The maximum Gasteiger partial charge on any atom is 0.324 e. The van der Waals surface area contributed by atoms with Gasteiger partial charge in [0.2, 0.25) is 10.0 Å². The van der Waals surface area contributed by atoms with E-state index in [-0.39, 0.29) is 22.0 Å². The number of esters is 1. The molecule has 0 radical (unpaired) electrons. The van der Waals surface area contributed by atoms with Crippen LogP contribution in [0.25, 0.3) is 0 Å². The summed E-state index contributed by atoms with van der Waals surface area (Å²) in [6.07, 6.45) is -1.34. The van der Waals surface area contributed by atoms with Gasteiger partial charge in [-0.15, -0.1) is 0 Å². The monoisotopic (exact) mass is 481 g/mol. The van der Waals surface area contributed by atoms with Crippen LogP contribution in [0.4, 0.5) is 11.4 Å². The van der Waals surface area contributed by atoms with Crippen molar-refractivity contribution < 1.29 is 37.1 Å². The second-order valence-corrected chi connectivity index (χ2v) is 8.44. The summed E-state index contributed by atoms with van der Waals surface area (Å²) in [6.45, 7) is 2.53. The fourth-order valence-corrected chi connectivity index (χ4v) is 3.77. The van der Waals surface area contributed by atoms with Gasteiger partial charge in [0.1, 0.15) is 17.5 Å². The number of benzene rings is 2. The van der Waals surface area contributed by atoms with E-state index in [0.29, 0.717) is 5.75 Å². The van der Waals surface area contributed by atoms with Gasteiger partial charge < -0.3 is 19.5 Å². The van der Waals surface area contributed by atoms with Gasteiger partial charge in [-0.2, -0.15) is 4.72 Å². The highest BCUT2D eigenvalue weighted by Crippen LogP contribution is 2.29. The maximum atomic E-state index is 12.5. The molecule has 2 aromatic rings. The number of carbonyl (C=O) groups is 2. The molecule has 0 fully saturated rings. The average Bonchev–Trinajstić information content (AvgIpc) is 2.78. The number of methoxy groups -OCH3 is 2. The van der Waals surface area contributed by atoms with Gasteiger partial charge in [-0.3, -0.25) is 19.7 Å². The van der Waals surface area contributed by atoms with Crippen LogP contribution in [0.1, 0.15) is 13.8 Å². The van der Waals surface area contributed by atoms with E-state index in [2.05, 4.69) is 10.0 Å². The molecule has 0 heterocycles. The fourth-order valence-electron chi connectivity index (χ4n) is 2.58. The van der Waals surface area contributed by atoms with Gasteiger partial charge in [-0.1, -0.05) is 0 Å². The molecular weight excluding hydrogens is 458 g/mol. The third kappa shape index (κ3) is 6.63. The first-order chi connectivity index (χ1) is 15.5. The summed E-state index contributed by atoms with van der Waals surface area (Å²) in [5.41, 5.74) is -0.273. The largest absolute Gasteiger partial charge is 0.497 e. The summed E-state index contributed by atoms with van der Waals surface area (Å²) in [5.74, 6) is -1.18. The molecule has 0 aliphatic heterocycles. The molecule has 12 nitrogen and oxygen atoms in total. The van der Waals surface area contributed by atoms with E-state index in [4.69, 9.17) is 14.2 Å². The number of hydrogen-bond donors (Lipinski definition) is 2. The van der Waals surface area contributed by atoms with E-state index in [9.17, 15) is 28.1 Å². The first-order valence-corrected chi connectivity index (χ1v) is 11.0. The van der Waals surface area contributed by atoms with Crippen molar-refractivity contribution in [3.05, 3.63) is 52.6 Å². The number of nitro benzene ring substituents is 1. The number of sulfonamides is 1. The Hall–Kier alpha value is -3.71. The summed E-state index contributed by atoms with van der Waals surface area (Å²) in [7, 11) is -1.29. The highest BCUT2D eigenvalue weighted by molar-refractivity contribution is 7.89. The van der Waals surface area contributed by atoms with E-state index < -0.39 is 39.0 Å². The molecule has 0 aliphatic rings. The standard InChI is InChI=1S/C20H23N3O9S/c1-12(22-33(28,29)16-8-6-15(30-3)7-9-16)20(25)32-13(2)19(24)21-17-11-14(23(26)27)5-10-18(17)31-4/h5-13,22H,1-4H3,(H,21,24). The predicted molar refractivity (Wildman–Crippen MR) is 117 cm³/mol. The zero-order valence-electron chi connectivity index (χ0n) is 18.2. The Labute approximate surface area is 190 Å². The van der Waals surface area contributed by atoms with Crippen LogP contribution < -0.4 is 19.5 Å². The molecule has 0 spiro atoms. The van der Waals surface area contributed by atoms with Gasteiger partial charge in [0, 0.05) is 12.1 Å². The van der Waals surface area contributed by atoms with E-state index in [0.717, 1.165) is 6.07 Å². The van der Waals surface area contributed by atoms with Crippen LogP contribution in [0.15, 0.2) is 47.4 Å². The van der Waals surface area contributed by atoms with Crippen molar-refractivity contribution in [2.45, 2.75) is 30.9 Å². The number of nitro groups is 1. The highest BCUT2D eigenvalue weighted by atomic mass is 32.2. The van der Waals surface area contributed by atoms with Crippen molar-refractivity contribution in [3.63, 3.8) is 0 Å². The number of carbonyl (C=O) groups excluding carboxylic acids is 2. The summed E-state index contributed by atoms with van der Waals surface area (Å²) in [5, 5.41) is 13.4. The Morgan fingerprint density at radius 2 is 1.67 bits per heavy atom. The normalized spacial score (nSPS) is 12.8. The van der Waals surface area contributed by atoms with Crippen LogP contribution in [0.2, 0.25) is 0 Å². The van der Waals surface area contributed by atoms with Gasteiger partial charge in [-0.25, -0.2) is 8.42 Å². The smallest absolute Gasteiger partial charge is 0.324 e. The van der Waals surface area contributed by atoms with Gasteiger partial charge >= 0.3 is 5.97 Å². The number of nitrogens with zero attached hydrogens (tertiary/aromatic N) is 1. The summed E-state index contributed by atoms with van der Waals surface area (Å²) in [6, 6.07) is 7.81. The lowest BCUT2D eigenvalue weighted by atomic mass is 10.2. The molecule has 13 heteroatoms. The number of anilines is 1. The topological polar surface area (TPSA) is 163 Å². The van der Waals surface area contributed by atoms with Crippen LogP contribution in [-0.2, 0) is 24.3 Å². The first-order valence-electron chi connectivity index (χ1n) is 9.48. The SMILES string of the molecule is COc1ccc(S(=O)(=O)NC(C)C(=O)OC(C)C(=O)Nc2cc([N+](=O)[O-])ccc2OC)cc1. The zero-order chi connectivity index (χ0) is 24.8. The van der Waals surface area contributed by atoms with Gasteiger partial charge in [-0.05, 0) is 44.2 Å². The molecule has 33 heavy (non-hydrogen) atoms. The van der Waals surface area contributed by atoms with E-state index in [1.807, 2.05) is 0 Å². The van der Waals surface area contributed by atoms with Gasteiger partial charge in [0.05, 0.1) is 29.7 Å². The molecule has 2 unspecified atom stereocenters. The van der Waals surface area contributed by atoms with E-state index in [1.54, 1.807) is 0 Å². The number of rotatable bonds is 10. The molecule has 2 aromatic carbocycles. The summed E-state index contributed by atoms with van der Waals surface area (Å²) < 4.78 is 42.2. The lowest BCUT2D eigenvalue weighted by Crippen LogP contribution is -2.42. The van der Waals surface area contributed by atoms with Gasteiger partial charge in [0.15, 0.2) is 6.10 Å². The number of hydrogen-bond acceptors (Lipinski definition) is 9. The first kappa shape index (κ1) is 25.5. The fraction of sp³-hybridized carbons (Fsp3) is 0.300. The molecule has 178 valence electrons. The minimum absolute atomic E-state index is 0.00727. The second kappa shape index (κ2) is 10.7. The molecule has 1 amide bonds. The van der Waals surface area contributed by atoms with Crippen LogP contribution in [0.3, 0.4) is 0 Å². The maximum absolute atomic E-state index is 12.5. The lowest BCUT2D eigenvalue weighted by Gasteiger charge is -2.18. The van der Waals surface area contributed by atoms with E-state index >= 15 is 0 Å². The Kier molecular flexibility index (Phi) is 8.32. The third-order valence-corrected chi connectivity index (χ3v) is 5.93. The quantitative estimate of drug-likeness (QED) is 0.293. The summed E-state index contributed by atoms with van der Waals surface area (Å²) >= 11 is 0. The van der Waals surface area contributed by atoms with Crippen LogP contribution in [0.5, 0.6) is 11.5 Å². The highest BCUT2D eigenvalue weighted by Gasteiger charge is 2.27. The van der Waals surface area contributed by atoms with Crippen molar-refractivity contribution in [2.75, 3.05) is 19.5 Å². The van der Waals surface area contributed by atoms with Crippen LogP contribution >= 0.6 is 0 Å². The molecule has 0 saturated heterocycles. The Bertz CT molecular complexity index is 1130. The Morgan fingerprint density at radius 3 is 2.21 bits per heavy atom. The summed E-state index contributed by atoms with van der Waals surface area (Å²) in [4.78, 5) is 35.0. The minimum atomic E-state index is -4.04. The van der Waals surface area contributed by atoms with Crippen molar-refractivity contribution in [2.24, 2.45) is 0 Å². The second-order valence-electron chi connectivity index (χ2n) is 6.73. The van der Waals surface area contributed by atoms with E-state index in [1.165, 1.54) is 64.5 Å². The van der Waals surface area contributed by atoms with Crippen LogP contribution in [0, 0.1) is 10.1 Å². The van der Waals surface area contributed by atoms with Crippen molar-refractivity contribution >= 4 is 33.3 Å². The predicted octanol–water partition coefficient (Wildman–Crippen LogP) is 1.85. The Morgan fingerprint density at radius 1 is 1.03 bits per heavy atom. The number of amides is 1. The molecule has 2 N–H and O–H groups in total. The molecule has 0 aliphatic carbocycles. The Balaban J connectivity index is 2.03. The molecular formula is C20H23N3O9S. The molecule has 0 aromatic heterocycles. The number of ether oxygens (including phenoxy) is 3. The third-order valence-electron chi connectivity index (χ3n) is 4.37. The minimum Gasteiger partial charge on any atom is -0.497 e. The van der Waals surface area contributed by atoms with Crippen LogP contribution in [-0.4, -0.2) is 51.6 Å². The van der Waals surface area contributed by atoms with Crippen molar-refractivity contribution in [1.29, 1.82) is 0 Å². The molecule has 0 bridgehead atoms. The molecule has 2 atom stereocenters.